The minimum absolute atomic E-state index is 0.0225. The number of carbonyl (C=O) groups excluding carboxylic acids is 2. The molecule has 0 bridgehead atoms. The van der Waals surface area contributed by atoms with Crippen LogP contribution in [-0.2, 0) is 16.0 Å². The third kappa shape index (κ3) is 3.93. The highest BCUT2D eigenvalue weighted by Gasteiger charge is 2.22. The fourth-order valence-corrected chi connectivity index (χ4v) is 2.78. The number of nitrogens with one attached hydrogen (secondary N) is 1. The molecule has 0 spiro atoms. The van der Waals surface area contributed by atoms with Crippen molar-refractivity contribution in [1.29, 1.82) is 0 Å². The van der Waals surface area contributed by atoms with Crippen LogP contribution in [0.4, 0.5) is 5.69 Å². The van der Waals surface area contributed by atoms with E-state index in [1.54, 1.807) is 17.0 Å². The molecule has 0 saturated heterocycles. The van der Waals surface area contributed by atoms with Crippen LogP contribution in [0.1, 0.15) is 12.0 Å². The summed E-state index contributed by atoms with van der Waals surface area (Å²) < 4.78 is 5.36. The number of carbonyl (C=O) groups is 2. The Bertz CT molecular complexity index is 716. The summed E-state index contributed by atoms with van der Waals surface area (Å²) in [5.41, 5.74) is 2.12. The molecule has 2 aromatic carbocycles. The van der Waals surface area contributed by atoms with Crippen LogP contribution in [-0.4, -0.2) is 31.5 Å². The zero-order valence-corrected chi connectivity index (χ0v) is 13.4. The first kappa shape index (κ1) is 16.1. The maximum atomic E-state index is 12.4. The Morgan fingerprint density at radius 3 is 2.62 bits per heavy atom. The number of anilines is 1. The van der Waals surface area contributed by atoms with E-state index in [0.717, 1.165) is 18.5 Å². The highest BCUT2D eigenvalue weighted by molar-refractivity contribution is 5.97. The normalized spacial score (nSPS) is 13.1. The molecule has 2 amide bonds. The summed E-state index contributed by atoms with van der Waals surface area (Å²) in [5.74, 6) is 0.219. The molecule has 0 aromatic heterocycles. The summed E-state index contributed by atoms with van der Waals surface area (Å²) in [6.07, 6.45) is 1.92. The Hall–Kier alpha value is -2.82. The van der Waals surface area contributed by atoms with Gasteiger partial charge < -0.3 is 15.0 Å². The lowest BCUT2D eigenvalue weighted by atomic mass is 10.0. The number of rotatable bonds is 5. The van der Waals surface area contributed by atoms with E-state index in [9.17, 15) is 9.59 Å². The van der Waals surface area contributed by atoms with Gasteiger partial charge in [0.05, 0.1) is 6.54 Å². The number of fused-ring (bicyclic) bond motifs is 1. The third-order valence-electron chi connectivity index (χ3n) is 3.96. The molecule has 5 heteroatoms. The minimum atomic E-state index is -0.308. The van der Waals surface area contributed by atoms with E-state index in [4.69, 9.17) is 4.74 Å². The van der Waals surface area contributed by atoms with E-state index in [1.165, 1.54) is 5.56 Å². The van der Waals surface area contributed by atoms with Crippen molar-refractivity contribution in [1.82, 2.24) is 5.32 Å². The summed E-state index contributed by atoms with van der Waals surface area (Å²) in [7, 11) is 0. The van der Waals surface area contributed by atoms with Crippen molar-refractivity contribution in [2.45, 2.75) is 12.8 Å². The average molecular weight is 324 g/mol. The van der Waals surface area contributed by atoms with E-state index in [1.807, 2.05) is 42.5 Å². The minimum Gasteiger partial charge on any atom is -0.484 e. The van der Waals surface area contributed by atoms with Crippen LogP contribution in [0, 0.1) is 0 Å². The molecule has 0 aliphatic carbocycles. The molecule has 1 aliphatic rings. The summed E-state index contributed by atoms with van der Waals surface area (Å²) in [4.78, 5) is 26.0. The molecule has 3 rings (SSSR count). The highest BCUT2D eigenvalue weighted by Crippen LogP contribution is 2.26. The second-order valence-electron chi connectivity index (χ2n) is 5.66. The van der Waals surface area contributed by atoms with Gasteiger partial charge in [0.2, 0.25) is 5.91 Å². The van der Waals surface area contributed by atoms with E-state index in [-0.39, 0.29) is 25.0 Å². The Labute approximate surface area is 141 Å². The third-order valence-corrected chi connectivity index (χ3v) is 3.96. The van der Waals surface area contributed by atoms with Gasteiger partial charge in [-0.1, -0.05) is 36.4 Å². The summed E-state index contributed by atoms with van der Waals surface area (Å²) in [6, 6.07) is 17.0. The van der Waals surface area contributed by atoms with Crippen LogP contribution in [0.5, 0.6) is 5.75 Å². The standard InChI is InChI=1S/C19H20N2O3/c22-18(14-24-16-9-2-1-3-10-16)20-13-19(23)21-12-6-8-15-7-4-5-11-17(15)21/h1-5,7,9-11H,6,8,12-14H2,(H,20,22). The van der Waals surface area contributed by atoms with E-state index in [2.05, 4.69) is 5.32 Å². The molecule has 124 valence electrons. The van der Waals surface area contributed by atoms with E-state index in [0.29, 0.717) is 12.3 Å². The molecule has 0 atom stereocenters. The van der Waals surface area contributed by atoms with Crippen molar-refractivity contribution in [2.75, 3.05) is 24.6 Å². The van der Waals surface area contributed by atoms with E-state index >= 15 is 0 Å². The van der Waals surface area contributed by atoms with Gasteiger partial charge in [-0.3, -0.25) is 9.59 Å². The van der Waals surface area contributed by atoms with Gasteiger partial charge >= 0.3 is 0 Å². The first-order chi connectivity index (χ1) is 11.7. The lowest BCUT2D eigenvalue weighted by Crippen LogP contribution is -2.43. The number of ether oxygens (including phenoxy) is 1. The highest BCUT2D eigenvalue weighted by atomic mass is 16.5. The Morgan fingerprint density at radius 2 is 1.79 bits per heavy atom. The molecule has 5 nitrogen and oxygen atoms in total. The predicted molar refractivity (Wildman–Crippen MR) is 92.1 cm³/mol. The van der Waals surface area contributed by atoms with Crippen molar-refractivity contribution in [3.63, 3.8) is 0 Å². The number of para-hydroxylation sites is 2. The fourth-order valence-electron chi connectivity index (χ4n) is 2.78. The summed E-state index contributed by atoms with van der Waals surface area (Å²) in [5, 5.41) is 2.63. The van der Waals surface area contributed by atoms with Crippen LogP contribution in [0.2, 0.25) is 0 Å². The number of nitrogens with zero attached hydrogens (tertiary/aromatic N) is 1. The molecule has 0 fully saturated rings. The fraction of sp³-hybridized carbons (Fsp3) is 0.263. The molecule has 0 radical (unpaired) electrons. The largest absolute Gasteiger partial charge is 0.484 e. The van der Waals surface area contributed by atoms with E-state index < -0.39 is 0 Å². The molecule has 1 N–H and O–H groups in total. The van der Waals surface area contributed by atoms with Crippen LogP contribution < -0.4 is 15.0 Å². The average Bonchev–Trinajstić information content (AvgIpc) is 2.64. The topological polar surface area (TPSA) is 58.6 Å². The zero-order valence-electron chi connectivity index (χ0n) is 13.4. The van der Waals surface area contributed by atoms with Gasteiger partial charge in [-0.2, -0.15) is 0 Å². The smallest absolute Gasteiger partial charge is 0.258 e. The van der Waals surface area contributed by atoms with Gasteiger partial charge in [0.15, 0.2) is 6.61 Å². The Kier molecular flexibility index (Phi) is 5.11. The molecule has 0 unspecified atom stereocenters. The zero-order chi connectivity index (χ0) is 16.8. The number of hydrogen-bond donors (Lipinski definition) is 1. The monoisotopic (exact) mass is 324 g/mol. The van der Waals surface area contributed by atoms with Crippen LogP contribution in [0.25, 0.3) is 0 Å². The molecule has 0 saturated carbocycles. The number of benzene rings is 2. The Morgan fingerprint density at radius 1 is 1.04 bits per heavy atom. The van der Waals surface area contributed by atoms with Gasteiger partial charge in [-0.05, 0) is 36.6 Å². The number of hydrogen-bond acceptors (Lipinski definition) is 3. The van der Waals surface area contributed by atoms with Crippen molar-refractivity contribution in [2.24, 2.45) is 0 Å². The van der Waals surface area contributed by atoms with Crippen molar-refractivity contribution >= 4 is 17.5 Å². The number of amides is 2. The molecule has 24 heavy (non-hydrogen) atoms. The molecular formula is C19H20N2O3. The lowest BCUT2D eigenvalue weighted by molar-refractivity contribution is -0.126. The van der Waals surface area contributed by atoms with Crippen LogP contribution in [0.15, 0.2) is 54.6 Å². The van der Waals surface area contributed by atoms with Gasteiger partial charge in [0, 0.05) is 12.2 Å². The van der Waals surface area contributed by atoms with Crippen molar-refractivity contribution in [3.05, 3.63) is 60.2 Å². The maximum Gasteiger partial charge on any atom is 0.258 e. The second-order valence-corrected chi connectivity index (χ2v) is 5.66. The first-order valence-corrected chi connectivity index (χ1v) is 8.07. The maximum absolute atomic E-state index is 12.4. The molecule has 2 aromatic rings. The van der Waals surface area contributed by atoms with Gasteiger partial charge in [0.1, 0.15) is 5.75 Å². The second kappa shape index (κ2) is 7.64. The molecular weight excluding hydrogens is 304 g/mol. The summed E-state index contributed by atoms with van der Waals surface area (Å²) in [6.45, 7) is 0.561. The van der Waals surface area contributed by atoms with Crippen LogP contribution in [0.3, 0.4) is 0 Å². The van der Waals surface area contributed by atoms with Gasteiger partial charge in [0.25, 0.3) is 5.91 Å². The van der Waals surface area contributed by atoms with Crippen molar-refractivity contribution < 1.29 is 14.3 Å². The summed E-state index contributed by atoms with van der Waals surface area (Å²) >= 11 is 0. The quantitative estimate of drug-likeness (QED) is 0.917. The van der Waals surface area contributed by atoms with Crippen LogP contribution >= 0.6 is 0 Å². The van der Waals surface area contributed by atoms with Gasteiger partial charge in [-0.25, -0.2) is 0 Å². The predicted octanol–water partition coefficient (Wildman–Crippen LogP) is 2.16. The number of aryl methyl sites for hydroxylation is 1. The van der Waals surface area contributed by atoms with Gasteiger partial charge in [-0.15, -0.1) is 0 Å². The lowest BCUT2D eigenvalue weighted by Gasteiger charge is -2.29. The molecule has 1 aliphatic heterocycles. The first-order valence-electron chi connectivity index (χ1n) is 8.07. The Balaban J connectivity index is 1.50. The molecule has 1 heterocycles. The van der Waals surface area contributed by atoms with Crippen molar-refractivity contribution in [3.8, 4) is 5.75 Å². The SMILES string of the molecule is O=C(COc1ccccc1)NCC(=O)N1CCCc2ccccc21.